The third-order valence-corrected chi connectivity index (χ3v) is 4.06. The molecule has 22 heavy (non-hydrogen) atoms. The van der Waals surface area contributed by atoms with Crippen LogP contribution in [0.1, 0.15) is 75.6 Å². The van der Waals surface area contributed by atoms with Crippen molar-refractivity contribution in [2.75, 3.05) is 6.61 Å². The molecule has 1 heterocycles. The average molecular weight is 307 g/mol. The number of aryl methyl sites for hydroxylation is 1. The van der Waals surface area contributed by atoms with Crippen LogP contribution in [0.4, 0.5) is 0 Å². The summed E-state index contributed by atoms with van der Waals surface area (Å²) in [5, 5.41) is 7.58. The van der Waals surface area contributed by atoms with Crippen LogP contribution in [-0.4, -0.2) is 28.3 Å². The number of ether oxygens (including phenoxy) is 1. The van der Waals surface area contributed by atoms with Crippen molar-refractivity contribution >= 4 is 5.91 Å². The van der Waals surface area contributed by atoms with Crippen molar-refractivity contribution in [3.63, 3.8) is 0 Å². The van der Waals surface area contributed by atoms with E-state index in [1.807, 2.05) is 17.8 Å². The first-order valence-corrected chi connectivity index (χ1v) is 8.75. The molecule has 0 bridgehead atoms. The number of nitrogens with one attached hydrogen (secondary N) is 1. The lowest BCUT2D eigenvalue weighted by atomic mass is 10.1. The van der Waals surface area contributed by atoms with Crippen molar-refractivity contribution < 1.29 is 9.53 Å². The van der Waals surface area contributed by atoms with Gasteiger partial charge in [0, 0.05) is 18.8 Å². The molecule has 0 atom stereocenters. The Morgan fingerprint density at radius 3 is 2.64 bits per heavy atom. The second-order valence-corrected chi connectivity index (χ2v) is 6.12. The van der Waals surface area contributed by atoms with E-state index in [1.165, 1.54) is 25.7 Å². The average Bonchev–Trinajstić information content (AvgIpc) is 2.73. The van der Waals surface area contributed by atoms with Gasteiger partial charge in [-0.2, -0.15) is 0 Å². The van der Waals surface area contributed by atoms with Crippen LogP contribution in [0.15, 0.2) is 6.20 Å². The number of aromatic nitrogens is 2. The molecule has 124 valence electrons. The van der Waals surface area contributed by atoms with Crippen molar-refractivity contribution in [2.45, 2.75) is 77.8 Å². The lowest BCUT2D eigenvalue weighted by Crippen LogP contribution is -2.34. The fraction of sp³-hybridized carbons (Fsp3) is 0.765. The molecule has 0 aliphatic heterocycles. The van der Waals surface area contributed by atoms with Gasteiger partial charge in [0.05, 0.1) is 6.61 Å². The Morgan fingerprint density at radius 1 is 1.27 bits per heavy atom. The molecule has 1 fully saturated rings. The maximum absolute atomic E-state index is 12.6. The van der Waals surface area contributed by atoms with Gasteiger partial charge < -0.3 is 10.1 Å². The third kappa shape index (κ3) is 4.75. The molecule has 1 saturated carbocycles. The second kappa shape index (κ2) is 8.81. The molecule has 2 rings (SSSR count). The highest BCUT2D eigenvalue weighted by Gasteiger charge is 2.21. The molecule has 5 heteroatoms. The first-order chi connectivity index (χ1) is 10.7. The van der Waals surface area contributed by atoms with Gasteiger partial charge in [-0.1, -0.05) is 39.5 Å². The Balaban J connectivity index is 2.05. The van der Waals surface area contributed by atoms with Gasteiger partial charge in [0.1, 0.15) is 5.56 Å². The molecule has 1 N–H and O–H groups in total. The van der Waals surface area contributed by atoms with Gasteiger partial charge >= 0.3 is 0 Å². The zero-order valence-corrected chi connectivity index (χ0v) is 13.9. The number of carbonyl (C=O) groups is 1. The Hall–Kier alpha value is -1.52. The van der Waals surface area contributed by atoms with Gasteiger partial charge in [-0.05, 0) is 25.7 Å². The summed E-state index contributed by atoms with van der Waals surface area (Å²) in [7, 11) is 0. The summed E-state index contributed by atoms with van der Waals surface area (Å²) < 4.78 is 7.47. The summed E-state index contributed by atoms with van der Waals surface area (Å²) in [5.41, 5.74) is 0.575. The van der Waals surface area contributed by atoms with E-state index in [4.69, 9.17) is 4.74 Å². The number of carbonyl (C=O) groups excluding carboxylic acids is 1. The predicted molar refractivity (Wildman–Crippen MR) is 87.3 cm³/mol. The summed E-state index contributed by atoms with van der Waals surface area (Å²) in [4.78, 5) is 12.6. The maximum Gasteiger partial charge on any atom is 0.258 e. The van der Waals surface area contributed by atoms with Gasteiger partial charge in [0.2, 0.25) is 5.88 Å². The minimum atomic E-state index is -0.0413. The van der Waals surface area contributed by atoms with Crippen LogP contribution in [-0.2, 0) is 6.54 Å². The summed E-state index contributed by atoms with van der Waals surface area (Å²) in [5.74, 6) is 0.432. The number of nitrogens with zero attached hydrogens (tertiary/aromatic N) is 2. The van der Waals surface area contributed by atoms with E-state index in [1.54, 1.807) is 0 Å². The van der Waals surface area contributed by atoms with Crippen LogP contribution in [0.25, 0.3) is 0 Å². The van der Waals surface area contributed by atoms with Crippen LogP contribution in [0.3, 0.4) is 0 Å². The SMILES string of the molecule is CCCOc1nn(CCC)cc1C(=O)NC1CCCCCC1. The molecular formula is C17H29N3O2. The molecule has 1 amide bonds. The Bertz CT molecular complexity index is 462. The standard InChI is InChI=1S/C17H29N3O2/c1-3-11-20-13-15(17(19-20)22-12-4-2)16(21)18-14-9-7-5-6-8-10-14/h13-14H,3-12H2,1-2H3,(H,18,21). The number of rotatable bonds is 7. The fourth-order valence-corrected chi connectivity index (χ4v) is 2.90. The van der Waals surface area contributed by atoms with E-state index < -0.39 is 0 Å². The van der Waals surface area contributed by atoms with Gasteiger partial charge in [-0.15, -0.1) is 5.10 Å². The van der Waals surface area contributed by atoms with Crippen LogP contribution >= 0.6 is 0 Å². The summed E-state index contributed by atoms with van der Waals surface area (Å²) in [6.07, 6.45) is 10.9. The van der Waals surface area contributed by atoms with Crippen LogP contribution in [0, 0.1) is 0 Å². The van der Waals surface area contributed by atoms with E-state index in [2.05, 4.69) is 17.3 Å². The van der Waals surface area contributed by atoms with Gasteiger partial charge in [0.25, 0.3) is 5.91 Å². The first kappa shape index (κ1) is 16.8. The lowest BCUT2D eigenvalue weighted by molar-refractivity contribution is 0.0929. The number of hydrogen-bond donors (Lipinski definition) is 1. The molecular weight excluding hydrogens is 278 g/mol. The summed E-state index contributed by atoms with van der Waals surface area (Å²) >= 11 is 0. The highest BCUT2D eigenvalue weighted by atomic mass is 16.5. The van der Waals surface area contributed by atoms with Crippen LogP contribution < -0.4 is 10.1 Å². The van der Waals surface area contributed by atoms with Gasteiger partial charge in [-0.3, -0.25) is 9.48 Å². The Labute approximate surface area is 133 Å². The molecule has 5 nitrogen and oxygen atoms in total. The zero-order valence-electron chi connectivity index (χ0n) is 13.9. The summed E-state index contributed by atoms with van der Waals surface area (Å²) in [6, 6.07) is 0.295. The van der Waals surface area contributed by atoms with Crippen molar-refractivity contribution in [3.05, 3.63) is 11.8 Å². The van der Waals surface area contributed by atoms with Gasteiger partial charge in [-0.25, -0.2) is 0 Å². The van der Waals surface area contributed by atoms with Crippen molar-refractivity contribution in [3.8, 4) is 5.88 Å². The predicted octanol–water partition coefficient (Wildman–Crippen LogP) is 3.53. The topological polar surface area (TPSA) is 56.2 Å². The molecule has 1 aliphatic rings. The third-order valence-electron chi connectivity index (χ3n) is 4.06. The van der Waals surface area contributed by atoms with Crippen LogP contribution in [0.5, 0.6) is 5.88 Å². The molecule has 1 aromatic heterocycles. The number of hydrogen-bond acceptors (Lipinski definition) is 3. The molecule has 0 aromatic carbocycles. The van der Waals surface area contributed by atoms with Crippen molar-refractivity contribution in [2.24, 2.45) is 0 Å². The Morgan fingerprint density at radius 2 is 2.00 bits per heavy atom. The first-order valence-electron chi connectivity index (χ1n) is 8.75. The van der Waals surface area contributed by atoms with Crippen molar-refractivity contribution in [1.82, 2.24) is 15.1 Å². The molecule has 0 saturated heterocycles. The van der Waals surface area contributed by atoms with Crippen molar-refractivity contribution in [1.29, 1.82) is 0 Å². The largest absolute Gasteiger partial charge is 0.476 e. The monoisotopic (exact) mass is 307 g/mol. The van der Waals surface area contributed by atoms with Gasteiger partial charge in [0.15, 0.2) is 0 Å². The molecule has 0 unspecified atom stereocenters. The second-order valence-electron chi connectivity index (χ2n) is 6.12. The van der Waals surface area contributed by atoms with E-state index >= 15 is 0 Å². The zero-order chi connectivity index (χ0) is 15.8. The normalized spacial score (nSPS) is 16.3. The fourth-order valence-electron chi connectivity index (χ4n) is 2.90. The van der Waals surface area contributed by atoms with Crippen LogP contribution in [0.2, 0.25) is 0 Å². The summed E-state index contributed by atoms with van der Waals surface area (Å²) in [6.45, 7) is 5.54. The minimum Gasteiger partial charge on any atom is -0.476 e. The lowest BCUT2D eigenvalue weighted by Gasteiger charge is -2.15. The van der Waals surface area contributed by atoms with E-state index in [0.29, 0.717) is 24.1 Å². The molecule has 1 aromatic rings. The van der Waals surface area contributed by atoms with E-state index in [-0.39, 0.29) is 5.91 Å². The smallest absolute Gasteiger partial charge is 0.258 e. The number of amides is 1. The highest BCUT2D eigenvalue weighted by Crippen LogP contribution is 2.20. The van der Waals surface area contributed by atoms with E-state index in [0.717, 1.165) is 32.2 Å². The maximum atomic E-state index is 12.6. The quantitative estimate of drug-likeness (QED) is 0.784. The van der Waals surface area contributed by atoms with E-state index in [9.17, 15) is 4.79 Å². The molecule has 1 aliphatic carbocycles. The molecule has 0 radical (unpaired) electrons. The highest BCUT2D eigenvalue weighted by molar-refractivity contribution is 5.96. The Kier molecular flexibility index (Phi) is 6.74. The minimum absolute atomic E-state index is 0.0413. The molecule has 0 spiro atoms.